The van der Waals surface area contributed by atoms with Gasteiger partial charge in [-0.1, -0.05) is 82.1 Å². The maximum atomic E-state index is 13.3. The van der Waals surface area contributed by atoms with E-state index in [2.05, 4.69) is 89.4 Å². The highest BCUT2D eigenvalue weighted by Crippen LogP contribution is 2.33. The Balaban J connectivity index is 0.000000194. The zero-order valence-corrected chi connectivity index (χ0v) is 52.3. The Labute approximate surface area is 512 Å². The third-order valence-electron chi connectivity index (χ3n) is 15.4. The topological polar surface area (TPSA) is 255 Å². The van der Waals surface area contributed by atoms with Gasteiger partial charge in [-0.25, -0.2) is 24.1 Å². The molecular formula is C64H76Br2N12O7. The van der Waals surface area contributed by atoms with E-state index in [1.807, 2.05) is 78.9 Å². The van der Waals surface area contributed by atoms with Gasteiger partial charge in [0.1, 0.15) is 0 Å². The number of halogens is 2. The van der Waals surface area contributed by atoms with Gasteiger partial charge in [0.15, 0.2) is 11.3 Å². The first-order valence-electron chi connectivity index (χ1n) is 29.1. The second kappa shape index (κ2) is 30.5. The molecule has 6 heterocycles. The maximum absolute atomic E-state index is 13.3. The fraction of sp³-hybridized carbons (Fsp3) is 0.375. The van der Waals surface area contributed by atoms with Crippen LogP contribution >= 0.6 is 31.9 Å². The molecule has 21 heteroatoms. The Morgan fingerprint density at radius 3 is 1.36 bits per heavy atom. The van der Waals surface area contributed by atoms with Crippen LogP contribution in [0.2, 0.25) is 0 Å². The van der Waals surface area contributed by atoms with E-state index in [-0.39, 0.29) is 41.9 Å². The van der Waals surface area contributed by atoms with Crippen molar-refractivity contribution in [1.82, 2.24) is 45.5 Å². The maximum Gasteiger partial charge on any atom is 0.335 e. The molecule has 0 bridgehead atoms. The molecule has 10 rings (SSSR count). The van der Waals surface area contributed by atoms with Crippen molar-refractivity contribution in [2.24, 2.45) is 5.73 Å². The number of ether oxygens (including phenoxy) is 2. The van der Waals surface area contributed by atoms with E-state index in [4.69, 9.17) is 25.2 Å². The van der Waals surface area contributed by atoms with Crippen molar-refractivity contribution >= 4 is 89.0 Å². The molecule has 8 N–H and O–H groups in total. The molecule has 0 radical (unpaired) electrons. The van der Waals surface area contributed by atoms with Gasteiger partial charge in [-0.15, -0.1) is 0 Å². The Hall–Kier alpha value is -7.56. The molecule has 4 aromatic heterocycles. The summed E-state index contributed by atoms with van der Waals surface area (Å²) in [5.41, 5.74) is 18.6. The Morgan fingerprint density at radius 2 is 0.965 bits per heavy atom. The highest BCUT2D eigenvalue weighted by Gasteiger charge is 2.25. The van der Waals surface area contributed by atoms with Gasteiger partial charge in [0.25, 0.3) is 17.7 Å². The summed E-state index contributed by atoms with van der Waals surface area (Å²) in [4.78, 5) is 60.2. The summed E-state index contributed by atoms with van der Waals surface area (Å²) < 4.78 is 17.0. The van der Waals surface area contributed by atoms with Gasteiger partial charge in [-0.05, 0) is 137 Å². The van der Waals surface area contributed by atoms with Crippen LogP contribution in [-0.2, 0) is 61.6 Å². The molecule has 0 aliphatic carbocycles. The van der Waals surface area contributed by atoms with Crippen LogP contribution in [0.25, 0.3) is 22.1 Å². The average Bonchev–Trinajstić information content (AvgIpc) is 3.61. The van der Waals surface area contributed by atoms with E-state index in [9.17, 15) is 24.3 Å². The van der Waals surface area contributed by atoms with Crippen LogP contribution in [0, 0.1) is 13.8 Å². The molecule has 0 saturated carbocycles. The average molecular weight is 1290 g/mol. The summed E-state index contributed by atoms with van der Waals surface area (Å²) in [6.45, 7) is 18.2. The predicted molar refractivity (Wildman–Crippen MR) is 339 cm³/mol. The molecule has 0 spiro atoms. The number of carbonyl (C=O) groups is 4. The SMILES string of the molecule is CCc1nc2c(cnn2CC)c(NC2CCOCC2)c1CNC(=O)c1cccc(C(=O)NCc2cccc(Br)c2C)c1.CCc1nc2c(cnn2CC)c(NC2CCOCC2)c1CNC(=O)c1cccc(C(=O)O)c1.Cc1c(Br)cccc1CN. The van der Waals surface area contributed by atoms with E-state index >= 15 is 0 Å². The van der Waals surface area contributed by atoms with Crippen LogP contribution in [-0.4, -0.2) is 96.8 Å². The largest absolute Gasteiger partial charge is 0.478 e. The number of hydrogen-bond donors (Lipinski definition) is 7. The van der Waals surface area contributed by atoms with Crippen LogP contribution in [0.1, 0.15) is 140 Å². The fourth-order valence-corrected chi connectivity index (χ4v) is 11.1. The predicted octanol–water partition coefficient (Wildman–Crippen LogP) is 11.0. The summed E-state index contributed by atoms with van der Waals surface area (Å²) in [7, 11) is 0. The van der Waals surface area contributed by atoms with E-state index in [1.54, 1.807) is 36.4 Å². The molecule has 3 amide bonds. The highest BCUT2D eigenvalue weighted by molar-refractivity contribution is 9.10. The summed E-state index contributed by atoms with van der Waals surface area (Å²) >= 11 is 6.97. The van der Waals surface area contributed by atoms with Gasteiger partial charge < -0.3 is 46.9 Å². The van der Waals surface area contributed by atoms with Gasteiger partial charge in [0.05, 0.1) is 40.1 Å². The number of nitrogens with two attached hydrogens (primary N) is 1. The Morgan fingerprint density at radius 1 is 0.576 bits per heavy atom. The summed E-state index contributed by atoms with van der Waals surface area (Å²) in [6, 6.07) is 25.3. The van der Waals surface area contributed by atoms with Gasteiger partial charge in [0, 0.05) is 126 Å². The lowest BCUT2D eigenvalue weighted by Gasteiger charge is -2.26. The van der Waals surface area contributed by atoms with Crippen LogP contribution in [0.15, 0.2) is 106 Å². The number of carboxylic acids is 1. The molecule has 85 heavy (non-hydrogen) atoms. The number of aromatic nitrogens is 6. The number of aromatic carboxylic acids is 1. The van der Waals surface area contributed by atoms with Crippen LogP contribution < -0.4 is 32.3 Å². The number of pyridine rings is 2. The lowest BCUT2D eigenvalue weighted by atomic mass is 10.0. The molecule has 2 aliphatic heterocycles. The standard InChI is InChI=1S/C32H37BrN6O3.C24H29N5O4.C8H10BrN/c1-4-28-25(29(37-24-12-14-42-15-13-24)26-19-36-39(5-2)30(26)38-28)18-35-32(41)22-9-6-8-21(16-22)31(40)34-17-23-10-7-11-27(33)20(23)3;1-3-20-18(13-25-23(30)15-6-5-7-16(12-15)24(31)32)21(27-17-8-10-33-11-9-17)19-14-26-29(4-2)22(19)28-20;1-6-7(5-10)3-2-4-8(6)9/h6-11,16,19,24H,4-5,12-15,17-18H2,1-3H3,(H,34,40)(H,35,41)(H,37,38);5-7,12,14,17H,3-4,8-11,13H2,1-2H3,(H,25,30)(H,27,28)(H,31,32);2-4H,5,10H2,1H3. The second-order valence-electron chi connectivity index (χ2n) is 20.8. The van der Waals surface area contributed by atoms with Crippen molar-refractivity contribution in [2.75, 3.05) is 37.1 Å². The number of rotatable bonds is 19. The molecular weight excluding hydrogens is 1210 g/mol. The third-order valence-corrected chi connectivity index (χ3v) is 17.1. The summed E-state index contributed by atoms with van der Waals surface area (Å²) in [6.07, 6.45) is 8.73. The lowest BCUT2D eigenvalue weighted by Crippen LogP contribution is -2.30. The highest BCUT2D eigenvalue weighted by atomic mass is 79.9. The molecule has 2 aliphatic rings. The number of nitrogens with one attached hydrogen (secondary N) is 5. The molecule has 0 unspecified atom stereocenters. The molecule has 448 valence electrons. The zero-order valence-electron chi connectivity index (χ0n) is 49.1. The second-order valence-corrected chi connectivity index (χ2v) is 22.5. The molecule has 2 saturated heterocycles. The number of carbonyl (C=O) groups excluding carboxylic acids is 3. The normalized spacial score (nSPS) is 13.5. The van der Waals surface area contributed by atoms with E-state index in [1.165, 1.54) is 23.3 Å². The van der Waals surface area contributed by atoms with Gasteiger partial charge in [-0.3, -0.25) is 14.4 Å². The van der Waals surface area contributed by atoms with Crippen LogP contribution in [0.4, 0.5) is 11.4 Å². The lowest BCUT2D eigenvalue weighted by molar-refractivity contribution is 0.0696. The number of anilines is 2. The van der Waals surface area contributed by atoms with Crippen molar-refractivity contribution in [3.63, 3.8) is 0 Å². The monoisotopic (exact) mass is 1280 g/mol. The summed E-state index contributed by atoms with van der Waals surface area (Å²) in [5, 5.41) is 36.6. The first kappa shape index (κ1) is 63.5. The van der Waals surface area contributed by atoms with E-state index in [0.717, 1.165) is 121 Å². The minimum atomic E-state index is -1.07. The van der Waals surface area contributed by atoms with E-state index in [0.29, 0.717) is 68.9 Å². The molecule has 0 atom stereocenters. The number of aryl methyl sites for hydroxylation is 4. The van der Waals surface area contributed by atoms with Gasteiger partial charge >= 0.3 is 5.97 Å². The minimum absolute atomic E-state index is 0.0776. The van der Waals surface area contributed by atoms with Gasteiger partial charge in [-0.2, -0.15) is 10.2 Å². The number of amides is 3. The van der Waals surface area contributed by atoms with Crippen molar-refractivity contribution in [1.29, 1.82) is 0 Å². The Kier molecular flexibility index (Phi) is 22.8. The first-order valence-corrected chi connectivity index (χ1v) is 30.6. The smallest absolute Gasteiger partial charge is 0.335 e. The van der Waals surface area contributed by atoms with Crippen molar-refractivity contribution in [3.8, 4) is 0 Å². The number of hydrogen-bond acceptors (Lipinski definition) is 13. The number of fused-ring (bicyclic) bond motifs is 2. The fourth-order valence-electron chi connectivity index (χ4n) is 10.3. The number of benzene rings is 4. The first-order chi connectivity index (χ1) is 41.2. The molecule has 19 nitrogen and oxygen atoms in total. The Bertz CT molecular complexity index is 3650. The summed E-state index contributed by atoms with van der Waals surface area (Å²) in [5.74, 6) is -1.89. The van der Waals surface area contributed by atoms with Crippen LogP contribution in [0.5, 0.6) is 0 Å². The molecule has 8 aromatic rings. The van der Waals surface area contributed by atoms with E-state index < -0.39 is 5.97 Å². The quantitative estimate of drug-likeness (QED) is 0.0398. The zero-order chi connectivity index (χ0) is 60.6. The number of carboxylic acid groups (broad SMARTS) is 1. The van der Waals surface area contributed by atoms with Crippen molar-refractivity contribution in [2.45, 2.75) is 131 Å². The third kappa shape index (κ3) is 15.9. The van der Waals surface area contributed by atoms with Crippen LogP contribution in [0.3, 0.4) is 0 Å². The van der Waals surface area contributed by atoms with Crippen molar-refractivity contribution < 1.29 is 33.8 Å². The molecule has 2 fully saturated rings. The van der Waals surface area contributed by atoms with Gasteiger partial charge in [0.2, 0.25) is 0 Å². The minimum Gasteiger partial charge on any atom is -0.478 e. The van der Waals surface area contributed by atoms with Crippen molar-refractivity contribution in [3.05, 3.63) is 173 Å². The number of nitrogens with zero attached hydrogens (tertiary/aromatic N) is 6. The molecule has 4 aromatic carbocycles.